The van der Waals surface area contributed by atoms with E-state index in [0.717, 1.165) is 11.8 Å². The molecular weight excluding hydrogens is 490 g/mol. The van der Waals surface area contributed by atoms with Crippen molar-refractivity contribution in [2.45, 2.75) is 11.6 Å². The van der Waals surface area contributed by atoms with E-state index in [1.807, 2.05) is 0 Å². The fourth-order valence-electron chi connectivity index (χ4n) is 3.30. The Kier molecular flexibility index (Phi) is 7.25. The first-order chi connectivity index (χ1) is 17.3. The van der Waals surface area contributed by atoms with Gasteiger partial charge >= 0.3 is 5.69 Å². The van der Waals surface area contributed by atoms with Crippen LogP contribution in [0.4, 0.5) is 11.4 Å². The van der Waals surface area contributed by atoms with E-state index < -0.39 is 16.2 Å². The minimum atomic E-state index is -0.637. The molecule has 0 bridgehead atoms. The molecule has 184 valence electrons. The number of nitro groups is 1. The van der Waals surface area contributed by atoms with E-state index in [4.69, 9.17) is 4.74 Å². The van der Waals surface area contributed by atoms with E-state index in [0.29, 0.717) is 33.8 Å². The van der Waals surface area contributed by atoms with Crippen LogP contribution in [-0.4, -0.2) is 48.4 Å². The van der Waals surface area contributed by atoms with Crippen LogP contribution in [0.2, 0.25) is 0 Å². The number of nitrogens with zero attached hydrogens (tertiary/aromatic N) is 4. The molecule has 0 aliphatic carbocycles. The lowest BCUT2D eigenvalue weighted by molar-refractivity contribution is -0.384. The molecule has 4 aromatic rings. The number of amides is 1. The number of carbonyl (C=O) groups excluding carboxylic acids is 1. The van der Waals surface area contributed by atoms with Crippen molar-refractivity contribution in [2.75, 3.05) is 18.2 Å². The second-order valence-electron chi connectivity index (χ2n) is 7.37. The van der Waals surface area contributed by atoms with Crippen LogP contribution in [0.1, 0.15) is 11.5 Å². The summed E-state index contributed by atoms with van der Waals surface area (Å²) in [6.07, 6.45) is 0.0962. The summed E-state index contributed by atoms with van der Waals surface area (Å²) in [4.78, 5) is 50.8. The summed E-state index contributed by atoms with van der Waals surface area (Å²) in [6.45, 7) is 0. The van der Waals surface area contributed by atoms with Crippen LogP contribution < -0.4 is 21.3 Å². The molecule has 4 rings (SSSR count). The van der Waals surface area contributed by atoms with E-state index in [-0.39, 0.29) is 23.8 Å². The zero-order valence-electron chi connectivity index (χ0n) is 18.8. The van der Waals surface area contributed by atoms with Crippen molar-refractivity contribution in [3.63, 3.8) is 0 Å². The molecule has 0 radical (unpaired) electrons. The number of rotatable bonds is 9. The average Bonchev–Trinajstić information content (AvgIpc) is 3.24. The van der Waals surface area contributed by atoms with Gasteiger partial charge < -0.3 is 15.0 Å². The Hall–Kier alpha value is -4.72. The van der Waals surface area contributed by atoms with E-state index in [1.165, 1.54) is 37.4 Å². The normalized spacial score (nSPS) is 10.7. The van der Waals surface area contributed by atoms with Crippen molar-refractivity contribution in [1.29, 1.82) is 0 Å². The van der Waals surface area contributed by atoms with Crippen molar-refractivity contribution in [3.05, 3.63) is 97.1 Å². The molecule has 2 aromatic carbocycles. The largest absolute Gasteiger partial charge is 0.497 e. The Morgan fingerprint density at radius 3 is 2.61 bits per heavy atom. The number of ether oxygens (including phenoxy) is 1. The molecule has 0 saturated carbocycles. The van der Waals surface area contributed by atoms with Gasteiger partial charge in [0.1, 0.15) is 11.6 Å². The molecule has 13 nitrogen and oxygen atoms in total. The minimum absolute atomic E-state index is 0.0269. The number of benzene rings is 2. The van der Waals surface area contributed by atoms with Crippen molar-refractivity contribution in [1.82, 2.24) is 24.7 Å². The number of nitrogens with one attached hydrogen (secondary N) is 3. The Labute approximate surface area is 206 Å². The SMILES string of the molecule is COc1cccc(-n2c(Cc3cc(=O)[nH]c(=O)[nH]3)nnc2SCC(=O)Nc2ccc([N+](=O)[O-])cc2)c1. The number of thioether (sulfide) groups is 1. The molecule has 0 aliphatic rings. The minimum Gasteiger partial charge on any atom is -0.497 e. The summed E-state index contributed by atoms with van der Waals surface area (Å²) in [7, 11) is 1.53. The number of nitro benzene ring substituents is 1. The molecule has 0 saturated heterocycles. The number of H-pyrrole nitrogens is 2. The van der Waals surface area contributed by atoms with Crippen molar-refractivity contribution in [2.24, 2.45) is 0 Å². The van der Waals surface area contributed by atoms with Crippen LogP contribution in [-0.2, 0) is 11.2 Å². The van der Waals surface area contributed by atoms with Gasteiger partial charge in [0.2, 0.25) is 5.91 Å². The predicted molar refractivity (Wildman–Crippen MR) is 131 cm³/mol. The number of aromatic amines is 2. The summed E-state index contributed by atoms with van der Waals surface area (Å²) in [5, 5.41) is 22.3. The second-order valence-corrected chi connectivity index (χ2v) is 8.31. The van der Waals surface area contributed by atoms with E-state index in [2.05, 4.69) is 25.5 Å². The third kappa shape index (κ3) is 5.85. The monoisotopic (exact) mass is 509 g/mol. The lowest BCUT2D eigenvalue weighted by Gasteiger charge is -2.11. The Morgan fingerprint density at radius 1 is 1.14 bits per heavy atom. The molecule has 14 heteroatoms. The van der Waals surface area contributed by atoms with Crippen LogP contribution in [0.15, 0.2) is 69.3 Å². The molecule has 0 fully saturated rings. The van der Waals surface area contributed by atoms with Crippen LogP contribution in [0.5, 0.6) is 5.75 Å². The average molecular weight is 510 g/mol. The van der Waals surface area contributed by atoms with Crippen LogP contribution in [0, 0.1) is 10.1 Å². The summed E-state index contributed by atoms with van der Waals surface area (Å²) in [6, 6.07) is 13.9. The van der Waals surface area contributed by atoms with Crippen molar-refractivity contribution < 1.29 is 14.5 Å². The molecule has 0 spiro atoms. The Bertz CT molecular complexity index is 1500. The molecular formula is C22H19N7O6S. The molecule has 36 heavy (non-hydrogen) atoms. The molecule has 0 aliphatic heterocycles. The van der Waals surface area contributed by atoms with Crippen LogP contribution >= 0.6 is 11.8 Å². The number of methoxy groups -OCH3 is 1. The zero-order chi connectivity index (χ0) is 25.7. The van der Waals surface area contributed by atoms with Gasteiger partial charge in [0.15, 0.2) is 5.16 Å². The first kappa shape index (κ1) is 24.4. The highest BCUT2D eigenvalue weighted by Crippen LogP contribution is 2.26. The smallest absolute Gasteiger partial charge is 0.325 e. The zero-order valence-corrected chi connectivity index (χ0v) is 19.6. The van der Waals surface area contributed by atoms with Gasteiger partial charge in [0, 0.05) is 42.1 Å². The van der Waals surface area contributed by atoms with E-state index >= 15 is 0 Å². The van der Waals surface area contributed by atoms with Gasteiger partial charge in [0.05, 0.1) is 23.5 Å². The first-order valence-electron chi connectivity index (χ1n) is 10.4. The van der Waals surface area contributed by atoms with Gasteiger partial charge in [-0.15, -0.1) is 10.2 Å². The van der Waals surface area contributed by atoms with E-state index in [9.17, 15) is 24.5 Å². The molecule has 0 atom stereocenters. The summed E-state index contributed by atoms with van der Waals surface area (Å²) in [5.74, 6) is 0.627. The van der Waals surface area contributed by atoms with Gasteiger partial charge in [0.25, 0.3) is 11.2 Å². The number of aromatic nitrogens is 5. The number of anilines is 1. The molecule has 3 N–H and O–H groups in total. The summed E-state index contributed by atoms with van der Waals surface area (Å²) in [5.41, 5.74) is 0.149. The lowest BCUT2D eigenvalue weighted by atomic mass is 10.2. The number of hydrogen-bond donors (Lipinski definition) is 3. The van der Waals surface area contributed by atoms with Crippen molar-refractivity contribution >= 4 is 29.0 Å². The standard InChI is InChI=1S/C22H19N7O6S/c1-35-17-4-2-3-16(11-17)28-18(9-14-10-19(30)25-21(32)24-14)26-27-22(28)36-12-20(31)23-13-5-7-15(8-6-13)29(33)34/h2-8,10-11H,9,12H2,1H3,(H,23,31)(H2,24,25,30,32). The maximum atomic E-state index is 12.5. The molecule has 0 unspecified atom stereocenters. The van der Waals surface area contributed by atoms with Gasteiger partial charge in [-0.25, -0.2) is 4.79 Å². The Morgan fingerprint density at radius 2 is 1.92 bits per heavy atom. The maximum absolute atomic E-state index is 12.5. The van der Waals surface area contributed by atoms with Crippen LogP contribution in [0.25, 0.3) is 5.69 Å². The second kappa shape index (κ2) is 10.7. The summed E-state index contributed by atoms with van der Waals surface area (Å²) >= 11 is 1.12. The summed E-state index contributed by atoms with van der Waals surface area (Å²) < 4.78 is 7.01. The highest BCUT2D eigenvalue weighted by atomic mass is 32.2. The number of hydrogen-bond acceptors (Lipinski definition) is 9. The third-order valence-corrected chi connectivity index (χ3v) is 5.80. The van der Waals surface area contributed by atoms with Crippen LogP contribution in [0.3, 0.4) is 0 Å². The lowest BCUT2D eigenvalue weighted by Crippen LogP contribution is -2.23. The maximum Gasteiger partial charge on any atom is 0.325 e. The molecule has 1 amide bonds. The van der Waals surface area contributed by atoms with Gasteiger partial charge in [-0.3, -0.25) is 29.3 Å². The topological polar surface area (TPSA) is 178 Å². The highest BCUT2D eigenvalue weighted by Gasteiger charge is 2.18. The fraction of sp³-hybridized carbons (Fsp3) is 0.136. The third-order valence-electron chi connectivity index (χ3n) is 4.87. The van der Waals surface area contributed by atoms with Gasteiger partial charge in [-0.1, -0.05) is 17.8 Å². The number of non-ortho nitro benzene ring substituents is 1. The van der Waals surface area contributed by atoms with Gasteiger partial charge in [-0.2, -0.15) is 0 Å². The molecule has 2 aromatic heterocycles. The molecule has 2 heterocycles. The quantitative estimate of drug-likeness (QED) is 0.173. The first-order valence-corrected chi connectivity index (χ1v) is 11.4. The van der Waals surface area contributed by atoms with Crippen molar-refractivity contribution in [3.8, 4) is 11.4 Å². The van der Waals surface area contributed by atoms with Gasteiger partial charge in [-0.05, 0) is 24.3 Å². The fourth-order valence-corrected chi connectivity index (χ4v) is 4.07. The highest BCUT2D eigenvalue weighted by molar-refractivity contribution is 7.99. The number of carbonyl (C=O) groups is 1. The predicted octanol–water partition coefficient (Wildman–Crippen LogP) is 1.88. The van der Waals surface area contributed by atoms with E-state index in [1.54, 1.807) is 28.8 Å². The Balaban J connectivity index is 1.57.